The highest BCUT2D eigenvalue weighted by Gasteiger charge is 2.43. The second-order valence-electron chi connectivity index (χ2n) is 5.29. The first-order valence-corrected chi connectivity index (χ1v) is 6.48. The maximum absolute atomic E-state index is 12.5. The Labute approximate surface area is 115 Å². The summed E-state index contributed by atoms with van der Waals surface area (Å²) in [6.07, 6.45) is -2.82. The molecule has 0 aromatic rings. The fourth-order valence-corrected chi connectivity index (χ4v) is 1.98. The molecule has 0 aromatic heterocycles. The van der Waals surface area contributed by atoms with Gasteiger partial charge in [-0.3, -0.25) is 0 Å². The van der Waals surface area contributed by atoms with Gasteiger partial charge in [0, 0.05) is 6.04 Å². The van der Waals surface area contributed by atoms with Gasteiger partial charge in [-0.1, -0.05) is 13.3 Å². The Balaban J connectivity index is 2.77. The monoisotopic (exact) mass is 296 g/mol. The molecule has 2 amide bonds. The van der Waals surface area contributed by atoms with Gasteiger partial charge in [0.2, 0.25) is 0 Å². The number of carbonyl (C=O) groups is 2. The lowest BCUT2D eigenvalue weighted by Gasteiger charge is -2.31. The van der Waals surface area contributed by atoms with Crippen LogP contribution in [0.15, 0.2) is 0 Å². The number of carboxylic acids is 1. The molecule has 0 heterocycles. The fraction of sp³-hybridized carbons (Fsp3) is 0.833. The Kier molecular flexibility index (Phi) is 4.88. The minimum absolute atomic E-state index is 0.151. The van der Waals surface area contributed by atoms with Gasteiger partial charge in [0.25, 0.3) is 0 Å². The van der Waals surface area contributed by atoms with E-state index >= 15 is 0 Å². The van der Waals surface area contributed by atoms with Gasteiger partial charge in [0.05, 0.1) is 0 Å². The van der Waals surface area contributed by atoms with Crippen molar-refractivity contribution in [2.45, 2.75) is 57.3 Å². The largest absolute Gasteiger partial charge is 0.480 e. The Morgan fingerprint density at radius 1 is 1.35 bits per heavy atom. The molecule has 0 aromatic carbocycles. The summed E-state index contributed by atoms with van der Waals surface area (Å²) in [7, 11) is 0. The third-order valence-electron chi connectivity index (χ3n) is 3.20. The highest BCUT2D eigenvalue weighted by atomic mass is 19.4. The molecule has 0 radical (unpaired) electrons. The SMILES string of the molecule is CCCC(C)(NC(=O)N(CC(F)(F)F)C1CC1)C(=O)O. The van der Waals surface area contributed by atoms with E-state index in [0.29, 0.717) is 24.2 Å². The number of carbonyl (C=O) groups excluding carboxylic acids is 1. The van der Waals surface area contributed by atoms with Crippen LogP contribution >= 0.6 is 0 Å². The number of aliphatic carboxylic acids is 1. The van der Waals surface area contributed by atoms with E-state index in [2.05, 4.69) is 5.32 Å². The number of amides is 2. The van der Waals surface area contributed by atoms with E-state index in [0.717, 1.165) is 0 Å². The maximum atomic E-state index is 12.5. The average molecular weight is 296 g/mol. The van der Waals surface area contributed by atoms with Crippen molar-refractivity contribution in [3.63, 3.8) is 0 Å². The predicted molar refractivity (Wildman–Crippen MR) is 65.3 cm³/mol. The van der Waals surface area contributed by atoms with Gasteiger partial charge in [-0.25, -0.2) is 9.59 Å². The Bertz CT molecular complexity index is 383. The minimum atomic E-state index is -4.50. The zero-order valence-corrected chi connectivity index (χ0v) is 11.5. The third kappa shape index (κ3) is 4.57. The second kappa shape index (κ2) is 5.88. The molecule has 0 saturated heterocycles. The summed E-state index contributed by atoms with van der Waals surface area (Å²) < 4.78 is 37.4. The number of rotatable bonds is 6. The molecule has 0 aliphatic heterocycles. The van der Waals surface area contributed by atoms with E-state index < -0.39 is 36.3 Å². The van der Waals surface area contributed by atoms with Crippen LogP contribution in [0.1, 0.15) is 39.5 Å². The van der Waals surface area contributed by atoms with Gasteiger partial charge in [0.1, 0.15) is 12.1 Å². The van der Waals surface area contributed by atoms with Crippen LogP contribution in [0.2, 0.25) is 0 Å². The molecule has 1 fully saturated rings. The van der Waals surface area contributed by atoms with Crippen LogP contribution in [0, 0.1) is 0 Å². The summed E-state index contributed by atoms with van der Waals surface area (Å²) in [5.74, 6) is -1.25. The summed E-state index contributed by atoms with van der Waals surface area (Å²) in [4.78, 5) is 23.8. The molecular weight excluding hydrogens is 277 g/mol. The number of nitrogens with zero attached hydrogens (tertiary/aromatic N) is 1. The smallest absolute Gasteiger partial charge is 0.406 e. The van der Waals surface area contributed by atoms with E-state index in [9.17, 15) is 22.8 Å². The quantitative estimate of drug-likeness (QED) is 0.790. The lowest BCUT2D eigenvalue weighted by atomic mass is 9.96. The third-order valence-corrected chi connectivity index (χ3v) is 3.20. The maximum Gasteiger partial charge on any atom is 0.406 e. The molecule has 8 heteroatoms. The van der Waals surface area contributed by atoms with Crippen molar-refractivity contribution in [3.05, 3.63) is 0 Å². The molecule has 1 saturated carbocycles. The Morgan fingerprint density at radius 3 is 2.25 bits per heavy atom. The summed E-state index contributed by atoms with van der Waals surface area (Å²) in [6, 6.07) is -1.42. The van der Waals surface area contributed by atoms with Gasteiger partial charge in [-0.15, -0.1) is 0 Å². The Hall–Kier alpha value is -1.47. The van der Waals surface area contributed by atoms with E-state index in [-0.39, 0.29) is 6.42 Å². The molecule has 1 unspecified atom stereocenters. The van der Waals surface area contributed by atoms with Gasteiger partial charge >= 0.3 is 18.2 Å². The molecule has 1 atom stereocenters. The highest BCUT2D eigenvalue weighted by molar-refractivity contribution is 5.86. The van der Waals surface area contributed by atoms with Crippen LogP contribution in [0.4, 0.5) is 18.0 Å². The molecule has 2 N–H and O–H groups in total. The van der Waals surface area contributed by atoms with Crippen LogP contribution in [0.3, 0.4) is 0 Å². The Morgan fingerprint density at radius 2 is 1.90 bits per heavy atom. The minimum Gasteiger partial charge on any atom is -0.480 e. The lowest BCUT2D eigenvalue weighted by Crippen LogP contribution is -2.57. The molecule has 5 nitrogen and oxygen atoms in total. The number of alkyl halides is 3. The van der Waals surface area contributed by atoms with Crippen molar-refractivity contribution in [1.29, 1.82) is 0 Å². The van der Waals surface area contributed by atoms with E-state index in [1.165, 1.54) is 6.92 Å². The second-order valence-corrected chi connectivity index (χ2v) is 5.29. The van der Waals surface area contributed by atoms with Crippen molar-refractivity contribution >= 4 is 12.0 Å². The molecule has 116 valence electrons. The number of carboxylic acid groups (broad SMARTS) is 1. The first kappa shape index (κ1) is 16.6. The molecule has 1 aliphatic carbocycles. The normalized spacial score (nSPS) is 18.2. The molecule has 0 spiro atoms. The van der Waals surface area contributed by atoms with Crippen LogP contribution in [-0.2, 0) is 4.79 Å². The summed E-state index contributed by atoms with van der Waals surface area (Å²) in [5, 5.41) is 11.4. The average Bonchev–Trinajstić information content (AvgIpc) is 3.08. The topological polar surface area (TPSA) is 69.6 Å². The number of urea groups is 1. The number of hydrogen-bond acceptors (Lipinski definition) is 2. The first-order valence-electron chi connectivity index (χ1n) is 6.48. The van der Waals surface area contributed by atoms with Gasteiger partial charge < -0.3 is 15.3 Å². The van der Waals surface area contributed by atoms with Crippen LogP contribution in [0.25, 0.3) is 0 Å². The van der Waals surface area contributed by atoms with Crippen molar-refractivity contribution in [3.8, 4) is 0 Å². The van der Waals surface area contributed by atoms with Crippen molar-refractivity contribution in [2.24, 2.45) is 0 Å². The van der Waals surface area contributed by atoms with E-state index in [1.807, 2.05) is 0 Å². The highest BCUT2D eigenvalue weighted by Crippen LogP contribution is 2.30. The number of hydrogen-bond donors (Lipinski definition) is 2. The number of halogens is 3. The van der Waals surface area contributed by atoms with Crippen LogP contribution < -0.4 is 5.32 Å². The molecule has 0 bridgehead atoms. The van der Waals surface area contributed by atoms with Crippen molar-refractivity contribution < 1.29 is 27.9 Å². The van der Waals surface area contributed by atoms with Gasteiger partial charge in [-0.2, -0.15) is 13.2 Å². The van der Waals surface area contributed by atoms with E-state index in [1.54, 1.807) is 6.92 Å². The summed E-state index contributed by atoms with van der Waals surface area (Å²) in [6.45, 7) is 1.68. The zero-order chi connectivity index (χ0) is 15.6. The van der Waals surface area contributed by atoms with Gasteiger partial charge in [-0.05, 0) is 26.2 Å². The van der Waals surface area contributed by atoms with Crippen molar-refractivity contribution in [2.75, 3.05) is 6.54 Å². The molecule has 1 aliphatic rings. The molecular formula is C12H19F3N2O3. The van der Waals surface area contributed by atoms with Crippen LogP contribution in [0.5, 0.6) is 0 Å². The first-order chi connectivity index (χ1) is 9.09. The zero-order valence-electron chi connectivity index (χ0n) is 11.5. The summed E-state index contributed by atoms with van der Waals surface area (Å²) in [5.41, 5.74) is -1.55. The fourth-order valence-electron chi connectivity index (χ4n) is 1.98. The number of nitrogens with one attached hydrogen (secondary N) is 1. The van der Waals surface area contributed by atoms with E-state index in [4.69, 9.17) is 5.11 Å². The standard InChI is InChI=1S/C12H19F3N2O3/c1-3-6-11(2,9(18)19)16-10(20)17(8-4-5-8)7-12(13,14)15/h8H,3-7H2,1-2H3,(H,16,20)(H,18,19). The van der Waals surface area contributed by atoms with Gasteiger partial charge in [0.15, 0.2) is 0 Å². The summed E-state index contributed by atoms with van der Waals surface area (Å²) >= 11 is 0. The van der Waals surface area contributed by atoms with Crippen LogP contribution in [-0.4, -0.2) is 46.3 Å². The predicted octanol–water partition coefficient (Wildman–Crippen LogP) is 2.37. The van der Waals surface area contributed by atoms with Crippen molar-refractivity contribution in [1.82, 2.24) is 10.2 Å². The molecule has 1 rings (SSSR count). The lowest BCUT2D eigenvalue weighted by molar-refractivity contribution is -0.145. The molecule has 20 heavy (non-hydrogen) atoms.